The van der Waals surface area contributed by atoms with Gasteiger partial charge in [0, 0.05) is 22.8 Å². The summed E-state index contributed by atoms with van der Waals surface area (Å²) in [5, 5.41) is 7.14. The van der Waals surface area contributed by atoms with Gasteiger partial charge in [0.2, 0.25) is 0 Å². The summed E-state index contributed by atoms with van der Waals surface area (Å²) in [6.45, 7) is 4.40. The van der Waals surface area contributed by atoms with Crippen LogP contribution in [0.4, 0.5) is 4.39 Å². The predicted molar refractivity (Wildman–Crippen MR) is 96.5 cm³/mol. The number of thioether (sulfide) groups is 1. The quantitative estimate of drug-likeness (QED) is 0.542. The molecule has 1 N–H and O–H groups in total. The van der Waals surface area contributed by atoms with Crippen molar-refractivity contribution in [1.82, 2.24) is 19.9 Å². The van der Waals surface area contributed by atoms with Gasteiger partial charge >= 0.3 is 0 Å². The Bertz CT molecular complexity index is 892. The van der Waals surface area contributed by atoms with Gasteiger partial charge < -0.3 is 5.32 Å². The summed E-state index contributed by atoms with van der Waals surface area (Å²) in [7, 11) is 0. The molecule has 1 amide bonds. The van der Waals surface area contributed by atoms with E-state index in [1.807, 2.05) is 19.9 Å². The molecule has 0 aliphatic rings. The molecule has 5 nitrogen and oxygen atoms in total. The van der Waals surface area contributed by atoms with Crippen LogP contribution in [-0.2, 0) is 0 Å². The van der Waals surface area contributed by atoms with Crippen molar-refractivity contribution in [3.05, 3.63) is 59.3 Å². The van der Waals surface area contributed by atoms with E-state index < -0.39 is 0 Å². The molecule has 7 heteroatoms. The van der Waals surface area contributed by atoms with Crippen molar-refractivity contribution in [2.45, 2.75) is 25.2 Å². The molecule has 2 aromatic heterocycles. The number of aromatic nitrogens is 3. The zero-order valence-electron chi connectivity index (χ0n) is 14.1. The second-order valence-electron chi connectivity index (χ2n) is 5.74. The van der Waals surface area contributed by atoms with Crippen LogP contribution in [0, 0.1) is 19.7 Å². The van der Waals surface area contributed by atoms with E-state index in [0.29, 0.717) is 17.8 Å². The summed E-state index contributed by atoms with van der Waals surface area (Å²) in [6.07, 6.45) is 2.37. The summed E-state index contributed by atoms with van der Waals surface area (Å²) >= 11 is 1.64. The van der Waals surface area contributed by atoms with Gasteiger partial charge in [-0.15, -0.1) is 11.8 Å². The highest BCUT2D eigenvalue weighted by atomic mass is 32.2. The van der Waals surface area contributed by atoms with Crippen molar-refractivity contribution in [2.24, 2.45) is 0 Å². The second kappa shape index (κ2) is 7.65. The maximum atomic E-state index is 12.8. The first kappa shape index (κ1) is 17.4. The number of nitrogens with one attached hydrogen (secondary N) is 1. The molecule has 0 unspecified atom stereocenters. The summed E-state index contributed by atoms with van der Waals surface area (Å²) in [6, 6.07) is 8.34. The van der Waals surface area contributed by atoms with E-state index in [-0.39, 0.29) is 11.7 Å². The van der Waals surface area contributed by atoms with Crippen molar-refractivity contribution in [1.29, 1.82) is 0 Å². The van der Waals surface area contributed by atoms with Crippen LogP contribution < -0.4 is 5.32 Å². The molecular weight excluding hydrogens is 339 g/mol. The highest BCUT2D eigenvalue weighted by molar-refractivity contribution is 7.99. The molecule has 0 saturated carbocycles. The van der Waals surface area contributed by atoms with E-state index in [1.165, 1.54) is 12.1 Å². The van der Waals surface area contributed by atoms with Gasteiger partial charge in [-0.05, 0) is 56.4 Å². The summed E-state index contributed by atoms with van der Waals surface area (Å²) in [5.74, 6) is 0.445. The normalized spacial score (nSPS) is 11.0. The Labute approximate surface area is 149 Å². The van der Waals surface area contributed by atoms with Crippen molar-refractivity contribution < 1.29 is 9.18 Å². The van der Waals surface area contributed by atoms with Gasteiger partial charge in [-0.1, -0.05) is 0 Å². The van der Waals surface area contributed by atoms with Crippen LogP contribution in [0.25, 0.3) is 5.65 Å². The summed E-state index contributed by atoms with van der Waals surface area (Å²) < 4.78 is 14.5. The van der Waals surface area contributed by atoms with Gasteiger partial charge in [0.1, 0.15) is 11.4 Å². The van der Waals surface area contributed by atoms with Crippen LogP contribution in [0.3, 0.4) is 0 Å². The fraction of sp³-hybridized carbons (Fsp3) is 0.278. The Hall–Kier alpha value is -2.41. The van der Waals surface area contributed by atoms with Crippen molar-refractivity contribution in [2.75, 3.05) is 12.3 Å². The highest BCUT2D eigenvalue weighted by Crippen LogP contribution is 2.18. The molecule has 3 aromatic rings. The lowest BCUT2D eigenvalue weighted by Crippen LogP contribution is -2.24. The number of hydrogen-bond donors (Lipinski definition) is 1. The van der Waals surface area contributed by atoms with Crippen LogP contribution in [0.2, 0.25) is 0 Å². The molecular formula is C18H19FN4OS. The number of nitrogens with zero attached hydrogens (tertiary/aromatic N) is 3. The minimum absolute atomic E-state index is 0.167. The molecule has 0 radical (unpaired) electrons. The smallest absolute Gasteiger partial charge is 0.256 e. The molecule has 25 heavy (non-hydrogen) atoms. The average Bonchev–Trinajstić information content (AvgIpc) is 3.00. The molecule has 0 bridgehead atoms. The lowest BCUT2D eigenvalue weighted by molar-refractivity contribution is 0.0955. The summed E-state index contributed by atoms with van der Waals surface area (Å²) in [4.78, 5) is 17.8. The number of rotatable bonds is 6. The van der Waals surface area contributed by atoms with E-state index in [0.717, 1.165) is 28.5 Å². The van der Waals surface area contributed by atoms with E-state index >= 15 is 0 Å². The minimum atomic E-state index is -0.232. The Kier molecular flexibility index (Phi) is 5.33. The number of aryl methyl sites for hydroxylation is 2. The Morgan fingerprint density at radius 1 is 1.28 bits per heavy atom. The Balaban J connectivity index is 1.52. The SMILES string of the molecule is Cc1cc(C)n2ncc(C(=O)NCCCSc3ccc(F)cc3)c2n1. The molecule has 0 aliphatic heterocycles. The first-order valence-corrected chi connectivity index (χ1v) is 9.02. The largest absolute Gasteiger partial charge is 0.352 e. The van der Waals surface area contributed by atoms with Crippen LogP contribution in [0.5, 0.6) is 0 Å². The number of fused-ring (bicyclic) bond motifs is 1. The standard InChI is InChI=1S/C18H19FN4OS/c1-12-10-13(2)23-17(22-12)16(11-21-23)18(24)20-8-3-9-25-15-6-4-14(19)5-7-15/h4-7,10-11H,3,8-9H2,1-2H3,(H,20,24). The maximum absolute atomic E-state index is 12.8. The number of carbonyl (C=O) groups is 1. The lowest BCUT2D eigenvalue weighted by Gasteiger charge is -2.05. The monoisotopic (exact) mass is 358 g/mol. The number of benzene rings is 1. The van der Waals surface area contributed by atoms with Gasteiger partial charge in [-0.2, -0.15) is 5.10 Å². The molecule has 130 valence electrons. The highest BCUT2D eigenvalue weighted by Gasteiger charge is 2.14. The zero-order valence-corrected chi connectivity index (χ0v) is 14.9. The third kappa shape index (κ3) is 4.17. The molecule has 0 fully saturated rings. The summed E-state index contributed by atoms with van der Waals surface area (Å²) in [5.41, 5.74) is 2.86. The predicted octanol–water partition coefficient (Wildman–Crippen LogP) is 3.40. The number of hydrogen-bond acceptors (Lipinski definition) is 4. The Morgan fingerprint density at radius 2 is 2.04 bits per heavy atom. The van der Waals surface area contributed by atoms with E-state index in [4.69, 9.17) is 0 Å². The lowest BCUT2D eigenvalue weighted by atomic mass is 10.3. The van der Waals surface area contributed by atoms with Crippen LogP contribution >= 0.6 is 11.8 Å². The number of amides is 1. The van der Waals surface area contributed by atoms with Crippen LogP contribution in [0.15, 0.2) is 41.4 Å². The van der Waals surface area contributed by atoms with E-state index in [1.54, 1.807) is 34.6 Å². The first-order valence-electron chi connectivity index (χ1n) is 8.03. The third-order valence-corrected chi connectivity index (χ3v) is 4.81. The first-order chi connectivity index (χ1) is 12.0. The third-order valence-electron chi connectivity index (χ3n) is 3.71. The fourth-order valence-electron chi connectivity index (χ4n) is 2.52. The van der Waals surface area contributed by atoms with Crippen LogP contribution in [-0.4, -0.2) is 32.8 Å². The molecule has 0 spiro atoms. The van der Waals surface area contributed by atoms with Crippen molar-refractivity contribution in [3.8, 4) is 0 Å². The average molecular weight is 358 g/mol. The topological polar surface area (TPSA) is 59.3 Å². The Morgan fingerprint density at radius 3 is 2.80 bits per heavy atom. The molecule has 0 atom stereocenters. The van der Waals surface area contributed by atoms with Gasteiger partial charge in [0.05, 0.1) is 6.20 Å². The number of halogens is 1. The van der Waals surface area contributed by atoms with E-state index in [9.17, 15) is 9.18 Å². The molecule has 0 aliphatic carbocycles. The molecule has 0 saturated heterocycles. The number of carbonyl (C=O) groups excluding carboxylic acids is 1. The zero-order chi connectivity index (χ0) is 17.8. The van der Waals surface area contributed by atoms with Crippen molar-refractivity contribution in [3.63, 3.8) is 0 Å². The fourth-order valence-corrected chi connectivity index (χ4v) is 3.37. The maximum Gasteiger partial charge on any atom is 0.256 e. The van der Waals surface area contributed by atoms with Crippen LogP contribution in [0.1, 0.15) is 28.2 Å². The van der Waals surface area contributed by atoms with Gasteiger partial charge in [-0.3, -0.25) is 4.79 Å². The second-order valence-corrected chi connectivity index (χ2v) is 6.91. The molecule has 2 heterocycles. The molecule has 3 rings (SSSR count). The van der Waals surface area contributed by atoms with Gasteiger partial charge in [0.15, 0.2) is 5.65 Å². The van der Waals surface area contributed by atoms with E-state index in [2.05, 4.69) is 15.4 Å². The minimum Gasteiger partial charge on any atom is -0.352 e. The molecule has 1 aromatic carbocycles. The van der Waals surface area contributed by atoms with Crippen molar-refractivity contribution >= 4 is 23.3 Å². The van der Waals surface area contributed by atoms with Gasteiger partial charge in [0.25, 0.3) is 5.91 Å². The van der Waals surface area contributed by atoms with Gasteiger partial charge in [-0.25, -0.2) is 13.9 Å².